The van der Waals surface area contributed by atoms with Gasteiger partial charge in [-0.25, -0.2) is 9.97 Å². The summed E-state index contributed by atoms with van der Waals surface area (Å²) < 4.78 is 8.19. The molecule has 0 N–H and O–H groups in total. The number of hydrogen-bond acceptors (Lipinski definition) is 4. The molecule has 6 rings (SSSR count). The average Bonchev–Trinajstić information content (AvgIpc) is 3.59. The zero-order chi connectivity index (χ0) is 20.5. The number of ether oxygens (including phenoxy) is 1. The Morgan fingerprint density at radius 2 is 2.00 bits per heavy atom. The van der Waals surface area contributed by atoms with Crippen LogP contribution in [0.25, 0.3) is 0 Å². The summed E-state index contributed by atoms with van der Waals surface area (Å²) in [5.74, 6) is 1.47. The molecule has 0 aromatic carbocycles. The van der Waals surface area contributed by atoms with E-state index >= 15 is 0 Å². The van der Waals surface area contributed by atoms with Gasteiger partial charge in [0.15, 0.2) is 0 Å². The van der Waals surface area contributed by atoms with Crippen molar-refractivity contribution < 1.29 is 9.53 Å². The van der Waals surface area contributed by atoms with Crippen LogP contribution in [0.1, 0.15) is 79.0 Å². The Kier molecular flexibility index (Phi) is 3.87. The van der Waals surface area contributed by atoms with E-state index in [1.807, 2.05) is 24.2 Å². The van der Waals surface area contributed by atoms with Crippen molar-refractivity contribution in [3.63, 3.8) is 0 Å². The predicted molar refractivity (Wildman–Crippen MR) is 113 cm³/mol. The van der Waals surface area contributed by atoms with E-state index in [-0.39, 0.29) is 5.91 Å². The van der Waals surface area contributed by atoms with Crippen molar-refractivity contribution in [1.82, 2.24) is 19.4 Å². The number of carbonyl (C=O) groups is 1. The quantitative estimate of drug-likeness (QED) is 0.724. The first-order chi connectivity index (χ1) is 14.4. The van der Waals surface area contributed by atoms with Crippen LogP contribution in [-0.2, 0) is 0 Å². The number of amides is 1. The van der Waals surface area contributed by atoms with Crippen LogP contribution >= 0.6 is 0 Å². The Labute approximate surface area is 177 Å². The average molecular weight is 407 g/mol. The number of aryl methyl sites for hydroxylation is 1. The molecule has 2 aromatic heterocycles. The highest BCUT2D eigenvalue weighted by atomic mass is 16.5. The van der Waals surface area contributed by atoms with Gasteiger partial charge in [-0.3, -0.25) is 4.79 Å². The second kappa shape index (κ2) is 6.32. The molecule has 4 fully saturated rings. The van der Waals surface area contributed by atoms with Gasteiger partial charge in [0.05, 0.1) is 24.2 Å². The summed E-state index contributed by atoms with van der Waals surface area (Å²) in [7, 11) is 0. The number of likely N-dealkylation sites (tertiary alicyclic amines) is 1. The smallest absolute Gasteiger partial charge is 0.255 e. The highest BCUT2D eigenvalue weighted by Gasteiger charge is 2.54. The van der Waals surface area contributed by atoms with Gasteiger partial charge in [-0.2, -0.15) is 0 Å². The van der Waals surface area contributed by atoms with E-state index in [1.165, 1.54) is 31.4 Å². The number of rotatable bonds is 6. The summed E-state index contributed by atoms with van der Waals surface area (Å²) in [6, 6.07) is 2.48. The first-order valence-electron chi connectivity index (χ1n) is 11.3. The van der Waals surface area contributed by atoms with Gasteiger partial charge in [-0.15, -0.1) is 0 Å². The van der Waals surface area contributed by atoms with Gasteiger partial charge in [-0.05, 0) is 51.5 Å². The van der Waals surface area contributed by atoms with Gasteiger partial charge < -0.3 is 14.2 Å². The molecule has 4 aliphatic rings. The summed E-state index contributed by atoms with van der Waals surface area (Å²) >= 11 is 0. The van der Waals surface area contributed by atoms with Crippen LogP contribution in [-0.4, -0.2) is 45.0 Å². The summed E-state index contributed by atoms with van der Waals surface area (Å²) in [4.78, 5) is 23.9. The number of carbonyl (C=O) groups excluding carboxylic acids is 1. The molecule has 1 spiro atoms. The molecular formula is C24H30N4O2. The normalized spacial score (nSPS) is 23.7. The molecule has 0 unspecified atom stereocenters. The zero-order valence-corrected chi connectivity index (χ0v) is 17.9. The largest absolute Gasteiger partial charge is 0.477 e. The minimum absolute atomic E-state index is 0.0963. The van der Waals surface area contributed by atoms with Crippen LogP contribution in [0.2, 0.25) is 0 Å². The van der Waals surface area contributed by atoms with Crippen LogP contribution < -0.4 is 4.74 Å². The Morgan fingerprint density at radius 3 is 2.67 bits per heavy atom. The summed E-state index contributed by atoms with van der Waals surface area (Å²) in [6.45, 7) is 6.65. The monoisotopic (exact) mass is 406 g/mol. The summed E-state index contributed by atoms with van der Waals surface area (Å²) in [5.41, 5.74) is 3.52. The zero-order valence-electron chi connectivity index (χ0n) is 17.9. The van der Waals surface area contributed by atoms with E-state index in [0.717, 1.165) is 31.5 Å². The molecule has 30 heavy (non-hydrogen) atoms. The third-order valence-electron chi connectivity index (χ3n) is 7.65. The minimum Gasteiger partial charge on any atom is -0.477 e. The molecule has 3 heterocycles. The van der Waals surface area contributed by atoms with Crippen molar-refractivity contribution >= 4 is 5.91 Å². The highest BCUT2D eigenvalue weighted by Crippen LogP contribution is 2.54. The van der Waals surface area contributed by atoms with Crippen molar-refractivity contribution in [3.8, 4) is 5.88 Å². The van der Waals surface area contributed by atoms with E-state index in [9.17, 15) is 4.79 Å². The lowest BCUT2D eigenvalue weighted by Crippen LogP contribution is -2.63. The Balaban J connectivity index is 1.03. The molecule has 3 saturated carbocycles. The van der Waals surface area contributed by atoms with Crippen LogP contribution in [0.5, 0.6) is 5.88 Å². The first-order valence-corrected chi connectivity index (χ1v) is 11.3. The fourth-order valence-electron chi connectivity index (χ4n) is 5.07. The number of aromatic nitrogens is 3. The second-order valence-corrected chi connectivity index (χ2v) is 10.7. The van der Waals surface area contributed by atoms with Gasteiger partial charge in [0.1, 0.15) is 0 Å². The molecule has 1 aliphatic heterocycles. The van der Waals surface area contributed by atoms with Gasteiger partial charge in [0.2, 0.25) is 5.88 Å². The van der Waals surface area contributed by atoms with E-state index < -0.39 is 0 Å². The van der Waals surface area contributed by atoms with Gasteiger partial charge >= 0.3 is 0 Å². The number of nitrogens with zero attached hydrogens (tertiary/aromatic N) is 4. The van der Waals surface area contributed by atoms with Crippen LogP contribution in [0, 0.1) is 17.8 Å². The summed E-state index contributed by atoms with van der Waals surface area (Å²) in [6.07, 6.45) is 13.3. The molecule has 0 bridgehead atoms. The topological polar surface area (TPSA) is 60.2 Å². The molecular weight excluding hydrogens is 376 g/mol. The molecule has 1 saturated heterocycles. The van der Waals surface area contributed by atoms with Crippen molar-refractivity contribution in [2.45, 2.75) is 64.3 Å². The Bertz CT molecular complexity index is 990. The maximum absolute atomic E-state index is 12.9. The number of pyridine rings is 1. The Hall–Kier alpha value is -2.37. The van der Waals surface area contributed by atoms with Gasteiger partial charge in [0.25, 0.3) is 5.91 Å². The molecule has 3 aliphatic carbocycles. The molecule has 6 heteroatoms. The molecule has 6 nitrogen and oxygen atoms in total. The standard InChI is InChI=1S/C24H30N4O2/c1-16-7-18(10-25-21(16)30-14-23(2)5-6-23)22(29)28-12-24(13-28)8-19(9-24)27-11-20(26-15-27)17-3-4-17/h7,10-11,15,17,19H,3-6,8-9,12-14H2,1-2H3. The van der Waals surface area contributed by atoms with Crippen molar-refractivity contribution in [3.05, 3.63) is 41.6 Å². The number of imidazole rings is 1. The van der Waals surface area contributed by atoms with Crippen LogP contribution in [0.15, 0.2) is 24.8 Å². The maximum atomic E-state index is 12.9. The maximum Gasteiger partial charge on any atom is 0.255 e. The SMILES string of the molecule is Cc1cc(C(=O)N2CC3(CC(n4cnc(C5CC5)c4)C3)C2)cnc1OCC1(C)CC1. The lowest BCUT2D eigenvalue weighted by atomic mass is 9.60. The van der Waals surface area contributed by atoms with Crippen LogP contribution in [0.3, 0.4) is 0 Å². The lowest BCUT2D eigenvalue weighted by Gasteiger charge is -2.59. The molecule has 0 atom stereocenters. The second-order valence-electron chi connectivity index (χ2n) is 10.7. The van der Waals surface area contributed by atoms with E-state index in [1.54, 1.807) is 6.20 Å². The Morgan fingerprint density at radius 1 is 1.23 bits per heavy atom. The highest BCUT2D eigenvalue weighted by molar-refractivity contribution is 5.94. The predicted octanol–water partition coefficient (Wildman–Crippen LogP) is 4.12. The summed E-state index contributed by atoms with van der Waals surface area (Å²) in [5, 5.41) is 0. The van der Waals surface area contributed by atoms with Crippen molar-refractivity contribution in [1.29, 1.82) is 0 Å². The lowest BCUT2D eigenvalue weighted by molar-refractivity contribution is -0.0711. The van der Waals surface area contributed by atoms with Gasteiger partial charge in [0, 0.05) is 53.8 Å². The molecule has 0 radical (unpaired) electrons. The number of hydrogen-bond donors (Lipinski definition) is 0. The molecule has 1 amide bonds. The third-order valence-corrected chi connectivity index (χ3v) is 7.65. The molecule has 158 valence electrons. The van der Waals surface area contributed by atoms with Crippen molar-refractivity contribution in [2.24, 2.45) is 10.8 Å². The van der Waals surface area contributed by atoms with E-state index in [2.05, 4.69) is 27.7 Å². The van der Waals surface area contributed by atoms with Gasteiger partial charge in [-0.1, -0.05) is 6.92 Å². The minimum atomic E-state index is 0.0963. The fourth-order valence-corrected chi connectivity index (χ4v) is 5.07. The van der Waals surface area contributed by atoms with Crippen LogP contribution in [0.4, 0.5) is 0 Å². The third kappa shape index (κ3) is 3.21. The fraction of sp³-hybridized carbons (Fsp3) is 0.625. The first kappa shape index (κ1) is 18.4. The van der Waals surface area contributed by atoms with E-state index in [0.29, 0.717) is 40.8 Å². The van der Waals surface area contributed by atoms with E-state index in [4.69, 9.17) is 4.74 Å². The van der Waals surface area contributed by atoms with Crippen molar-refractivity contribution in [2.75, 3.05) is 19.7 Å². The molecule has 2 aromatic rings.